The van der Waals surface area contributed by atoms with Crippen molar-refractivity contribution >= 4 is 29.5 Å². The van der Waals surface area contributed by atoms with Crippen molar-refractivity contribution in [1.29, 1.82) is 0 Å². The number of piperazine rings is 1. The Bertz CT molecular complexity index is 393. The molecule has 2 heterocycles. The maximum absolute atomic E-state index is 12.4. The van der Waals surface area contributed by atoms with E-state index in [-0.39, 0.29) is 30.3 Å². The van der Waals surface area contributed by atoms with Crippen LogP contribution in [0.5, 0.6) is 0 Å². The number of aliphatic carboxylic acids is 1. The van der Waals surface area contributed by atoms with Crippen LogP contribution in [0.2, 0.25) is 0 Å². The molecule has 0 aliphatic carbocycles. The van der Waals surface area contributed by atoms with E-state index in [4.69, 9.17) is 0 Å². The number of rotatable bonds is 3. The number of nitrogens with one attached hydrogen (secondary N) is 2. The zero-order valence-electron chi connectivity index (χ0n) is 10.6. The first-order chi connectivity index (χ1) is 9.04. The summed E-state index contributed by atoms with van der Waals surface area (Å²) < 4.78 is 0. The van der Waals surface area contributed by atoms with Crippen molar-refractivity contribution in [2.75, 3.05) is 18.8 Å². The summed E-state index contributed by atoms with van der Waals surface area (Å²) in [7, 11) is 0. The number of hydrogen-bond donors (Lipinski definition) is 3. The molecule has 2 aliphatic heterocycles. The van der Waals surface area contributed by atoms with E-state index in [1.165, 1.54) is 16.7 Å². The fourth-order valence-electron chi connectivity index (χ4n) is 2.28. The summed E-state index contributed by atoms with van der Waals surface area (Å²) in [5.74, 6) is -0.957. The number of carboxylic acid groups (broad SMARTS) is 1. The number of amides is 2. The number of carboxylic acids is 1. The van der Waals surface area contributed by atoms with Crippen molar-refractivity contribution in [2.45, 2.75) is 30.8 Å². The third-order valence-electron chi connectivity index (χ3n) is 3.29. The minimum atomic E-state index is -0.975. The fraction of sp³-hybridized carbons (Fsp3) is 0.727. The molecule has 0 aromatic heterocycles. The van der Waals surface area contributed by atoms with Crippen LogP contribution in [0.4, 0.5) is 0 Å². The van der Waals surface area contributed by atoms with Crippen LogP contribution >= 0.6 is 11.8 Å². The molecular weight excluding hydrogens is 270 g/mol. The first kappa shape index (κ1) is 14.1. The third kappa shape index (κ3) is 2.84. The molecule has 0 radical (unpaired) electrons. The van der Waals surface area contributed by atoms with Gasteiger partial charge in [0.05, 0.1) is 11.9 Å². The molecule has 0 aromatic carbocycles. The Labute approximate surface area is 115 Å². The number of carbonyl (C=O) groups is 3. The van der Waals surface area contributed by atoms with Crippen molar-refractivity contribution in [3.05, 3.63) is 0 Å². The van der Waals surface area contributed by atoms with E-state index in [9.17, 15) is 19.5 Å². The Hall–Kier alpha value is -1.28. The summed E-state index contributed by atoms with van der Waals surface area (Å²) in [5, 5.41) is 14.5. The van der Waals surface area contributed by atoms with Gasteiger partial charge in [0.1, 0.15) is 12.1 Å². The molecule has 8 heteroatoms. The number of nitrogens with zero attached hydrogens (tertiary/aromatic N) is 1. The van der Waals surface area contributed by atoms with Crippen LogP contribution in [-0.4, -0.2) is 64.1 Å². The molecule has 0 saturated carbocycles. The van der Waals surface area contributed by atoms with Crippen molar-refractivity contribution < 1.29 is 19.5 Å². The normalized spacial score (nSPS) is 31.1. The first-order valence-electron chi connectivity index (χ1n) is 6.21. The number of carbonyl (C=O) groups excluding carboxylic acids is 2. The lowest BCUT2D eigenvalue weighted by Crippen LogP contribution is -2.61. The maximum Gasteiger partial charge on any atom is 0.327 e. The SMILES string of the molecule is CCC1SCC(C(=O)O)N1C(=O)C1CNC(=O)CN1. The van der Waals surface area contributed by atoms with Crippen LogP contribution in [0, 0.1) is 0 Å². The van der Waals surface area contributed by atoms with E-state index in [0.717, 1.165) is 0 Å². The summed E-state index contributed by atoms with van der Waals surface area (Å²) in [6, 6.07) is -1.31. The minimum absolute atomic E-state index is 0.0892. The standard InChI is InChI=1S/C11H17N3O4S/c1-2-9-14(7(5-19-9)11(17)18)10(16)6-3-13-8(15)4-12-6/h6-7,9,12H,2-5H2,1H3,(H,13,15)(H,17,18). The predicted octanol–water partition coefficient (Wildman–Crippen LogP) is -1.16. The van der Waals surface area contributed by atoms with Crippen LogP contribution in [0.1, 0.15) is 13.3 Å². The van der Waals surface area contributed by atoms with Gasteiger partial charge in [-0.05, 0) is 6.42 Å². The van der Waals surface area contributed by atoms with Gasteiger partial charge in [-0.15, -0.1) is 11.8 Å². The third-order valence-corrected chi connectivity index (χ3v) is 4.75. The van der Waals surface area contributed by atoms with E-state index < -0.39 is 18.1 Å². The highest BCUT2D eigenvalue weighted by Crippen LogP contribution is 2.31. The second kappa shape index (κ2) is 5.79. The van der Waals surface area contributed by atoms with Crippen molar-refractivity contribution in [3.63, 3.8) is 0 Å². The van der Waals surface area contributed by atoms with Gasteiger partial charge in [0.15, 0.2) is 0 Å². The van der Waals surface area contributed by atoms with Gasteiger partial charge in [-0.3, -0.25) is 14.9 Å². The Morgan fingerprint density at radius 2 is 2.26 bits per heavy atom. The van der Waals surface area contributed by atoms with Crippen LogP contribution in [-0.2, 0) is 14.4 Å². The minimum Gasteiger partial charge on any atom is -0.480 e. The first-order valence-corrected chi connectivity index (χ1v) is 7.26. The average Bonchev–Trinajstić information content (AvgIpc) is 2.82. The average molecular weight is 287 g/mol. The molecule has 2 aliphatic rings. The Balaban J connectivity index is 2.10. The molecule has 0 aromatic rings. The molecule has 106 valence electrons. The van der Waals surface area contributed by atoms with Crippen molar-refractivity contribution in [1.82, 2.24) is 15.5 Å². The van der Waals surface area contributed by atoms with E-state index in [1.54, 1.807) is 0 Å². The Kier molecular flexibility index (Phi) is 4.31. The monoisotopic (exact) mass is 287 g/mol. The van der Waals surface area contributed by atoms with Crippen LogP contribution in [0.3, 0.4) is 0 Å². The zero-order valence-corrected chi connectivity index (χ0v) is 11.4. The molecule has 3 N–H and O–H groups in total. The molecule has 3 atom stereocenters. The van der Waals surface area contributed by atoms with Gasteiger partial charge in [0.2, 0.25) is 11.8 Å². The summed E-state index contributed by atoms with van der Waals surface area (Å²) in [4.78, 5) is 36.1. The van der Waals surface area contributed by atoms with Crippen molar-refractivity contribution in [2.24, 2.45) is 0 Å². The van der Waals surface area contributed by atoms with E-state index in [0.29, 0.717) is 12.2 Å². The van der Waals surface area contributed by atoms with Crippen molar-refractivity contribution in [3.8, 4) is 0 Å². The van der Waals surface area contributed by atoms with Gasteiger partial charge in [0.25, 0.3) is 0 Å². The number of hydrogen-bond acceptors (Lipinski definition) is 5. The zero-order chi connectivity index (χ0) is 14.0. The van der Waals surface area contributed by atoms with Gasteiger partial charge in [-0.25, -0.2) is 4.79 Å². The topological polar surface area (TPSA) is 98.7 Å². The van der Waals surface area contributed by atoms with Gasteiger partial charge >= 0.3 is 5.97 Å². The van der Waals surface area contributed by atoms with Gasteiger partial charge in [-0.1, -0.05) is 6.92 Å². The van der Waals surface area contributed by atoms with Gasteiger partial charge < -0.3 is 15.3 Å². The quantitative estimate of drug-likeness (QED) is 0.605. The summed E-state index contributed by atoms with van der Waals surface area (Å²) >= 11 is 1.49. The van der Waals surface area contributed by atoms with E-state index in [1.807, 2.05) is 6.92 Å². The van der Waals surface area contributed by atoms with E-state index >= 15 is 0 Å². The number of thioether (sulfide) groups is 1. The molecule has 3 unspecified atom stereocenters. The Morgan fingerprint density at radius 3 is 2.79 bits per heavy atom. The highest BCUT2D eigenvalue weighted by Gasteiger charge is 2.43. The molecule has 7 nitrogen and oxygen atoms in total. The lowest BCUT2D eigenvalue weighted by Gasteiger charge is -2.32. The molecular formula is C11H17N3O4S. The molecule has 2 amide bonds. The summed E-state index contributed by atoms with van der Waals surface area (Å²) in [6.45, 7) is 2.23. The fourth-order valence-corrected chi connectivity index (χ4v) is 3.64. The lowest BCUT2D eigenvalue weighted by molar-refractivity contribution is -0.150. The summed E-state index contributed by atoms with van der Waals surface area (Å²) in [5.41, 5.74) is 0. The second-order valence-electron chi connectivity index (χ2n) is 4.53. The second-order valence-corrected chi connectivity index (χ2v) is 5.74. The molecule has 19 heavy (non-hydrogen) atoms. The predicted molar refractivity (Wildman–Crippen MR) is 69.6 cm³/mol. The van der Waals surface area contributed by atoms with Crippen LogP contribution in [0.15, 0.2) is 0 Å². The smallest absolute Gasteiger partial charge is 0.327 e. The van der Waals surface area contributed by atoms with Gasteiger partial charge in [-0.2, -0.15) is 0 Å². The molecule has 2 saturated heterocycles. The lowest BCUT2D eigenvalue weighted by atomic mass is 10.1. The van der Waals surface area contributed by atoms with E-state index in [2.05, 4.69) is 10.6 Å². The molecule has 2 rings (SSSR count). The highest BCUT2D eigenvalue weighted by atomic mass is 32.2. The van der Waals surface area contributed by atoms with Gasteiger partial charge in [0, 0.05) is 12.3 Å². The molecule has 0 bridgehead atoms. The van der Waals surface area contributed by atoms with Crippen LogP contribution in [0.25, 0.3) is 0 Å². The molecule has 0 spiro atoms. The van der Waals surface area contributed by atoms with Crippen LogP contribution < -0.4 is 10.6 Å². The Morgan fingerprint density at radius 1 is 1.53 bits per heavy atom. The summed E-state index contributed by atoms with van der Waals surface area (Å²) in [6.07, 6.45) is 0.708. The maximum atomic E-state index is 12.4. The highest BCUT2D eigenvalue weighted by molar-refractivity contribution is 8.00. The largest absolute Gasteiger partial charge is 0.480 e. The molecule has 2 fully saturated rings.